The van der Waals surface area contributed by atoms with Gasteiger partial charge in [-0.15, -0.1) is 0 Å². The van der Waals surface area contributed by atoms with E-state index in [0.717, 1.165) is 5.56 Å². The number of hydrogen-bond acceptors (Lipinski definition) is 2. The van der Waals surface area contributed by atoms with Crippen molar-refractivity contribution in [2.75, 3.05) is 0 Å². The average Bonchev–Trinajstić information content (AvgIpc) is 2.34. The van der Waals surface area contributed by atoms with Crippen LogP contribution in [0.4, 0.5) is 0 Å². The van der Waals surface area contributed by atoms with Crippen LogP contribution in [0.2, 0.25) is 10.0 Å². The van der Waals surface area contributed by atoms with Crippen LogP contribution < -0.4 is 4.74 Å². The molecule has 0 unspecified atom stereocenters. The Labute approximate surface area is 116 Å². The lowest BCUT2D eigenvalue weighted by molar-refractivity contribution is 0.276. The number of rotatable bonds is 3. The molecule has 18 heavy (non-hydrogen) atoms. The monoisotopic (exact) mass is 282 g/mol. The van der Waals surface area contributed by atoms with Gasteiger partial charge in [-0.05, 0) is 42.8 Å². The largest absolute Gasteiger partial charge is 0.455 e. The minimum Gasteiger partial charge on any atom is -0.455 e. The van der Waals surface area contributed by atoms with Crippen LogP contribution in [0.1, 0.15) is 11.1 Å². The fraction of sp³-hybridized carbons (Fsp3) is 0.143. The van der Waals surface area contributed by atoms with E-state index in [4.69, 9.17) is 27.9 Å². The highest BCUT2D eigenvalue weighted by Crippen LogP contribution is 2.32. The van der Waals surface area contributed by atoms with Crippen LogP contribution in [0.25, 0.3) is 0 Å². The van der Waals surface area contributed by atoms with Crippen LogP contribution in [0.15, 0.2) is 36.4 Å². The normalized spacial score (nSPS) is 10.4. The second-order valence-electron chi connectivity index (χ2n) is 3.95. The van der Waals surface area contributed by atoms with Crippen molar-refractivity contribution in [1.82, 2.24) is 0 Å². The van der Waals surface area contributed by atoms with Crippen molar-refractivity contribution in [2.24, 2.45) is 0 Å². The van der Waals surface area contributed by atoms with Crippen molar-refractivity contribution in [3.05, 3.63) is 57.6 Å². The zero-order chi connectivity index (χ0) is 13.1. The van der Waals surface area contributed by atoms with Crippen molar-refractivity contribution in [1.29, 1.82) is 0 Å². The zero-order valence-electron chi connectivity index (χ0n) is 9.78. The van der Waals surface area contributed by atoms with Gasteiger partial charge >= 0.3 is 0 Å². The van der Waals surface area contributed by atoms with E-state index in [2.05, 4.69) is 0 Å². The van der Waals surface area contributed by atoms with Gasteiger partial charge in [-0.3, -0.25) is 0 Å². The molecular formula is C14H12Cl2O2. The maximum atomic E-state index is 9.26. The van der Waals surface area contributed by atoms with Crippen LogP contribution in [0.3, 0.4) is 0 Å². The Hall–Kier alpha value is -1.22. The van der Waals surface area contributed by atoms with Gasteiger partial charge < -0.3 is 9.84 Å². The molecule has 94 valence electrons. The summed E-state index contributed by atoms with van der Waals surface area (Å²) in [4.78, 5) is 0. The van der Waals surface area contributed by atoms with Gasteiger partial charge in [0.15, 0.2) is 0 Å². The predicted molar refractivity (Wildman–Crippen MR) is 73.6 cm³/mol. The SMILES string of the molecule is Cc1ccc(Oc2ccc(Cl)cc2CO)c(Cl)c1. The van der Waals surface area contributed by atoms with Gasteiger partial charge in [0, 0.05) is 10.6 Å². The molecular weight excluding hydrogens is 271 g/mol. The van der Waals surface area contributed by atoms with Gasteiger partial charge in [0.2, 0.25) is 0 Å². The van der Waals surface area contributed by atoms with E-state index in [0.29, 0.717) is 27.1 Å². The highest BCUT2D eigenvalue weighted by Gasteiger charge is 2.08. The Morgan fingerprint density at radius 3 is 2.44 bits per heavy atom. The molecule has 2 nitrogen and oxygen atoms in total. The van der Waals surface area contributed by atoms with Crippen molar-refractivity contribution in [3.63, 3.8) is 0 Å². The molecule has 0 saturated heterocycles. The predicted octanol–water partition coefficient (Wildman–Crippen LogP) is 4.59. The third-order valence-corrected chi connectivity index (χ3v) is 3.03. The standard InChI is InChI=1S/C14H12Cl2O2/c1-9-2-4-14(12(16)6-9)18-13-5-3-11(15)7-10(13)8-17/h2-7,17H,8H2,1H3. The van der Waals surface area contributed by atoms with Crippen LogP contribution in [-0.4, -0.2) is 5.11 Å². The molecule has 0 aliphatic heterocycles. The fourth-order valence-corrected chi connectivity index (χ4v) is 2.05. The number of hydrogen-bond donors (Lipinski definition) is 1. The molecule has 0 atom stereocenters. The summed E-state index contributed by atoms with van der Waals surface area (Å²) in [7, 11) is 0. The van der Waals surface area contributed by atoms with E-state index in [1.807, 2.05) is 19.1 Å². The molecule has 0 heterocycles. The van der Waals surface area contributed by atoms with E-state index in [9.17, 15) is 5.11 Å². The first kappa shape index (κ1) is 13.2. The van der Waals surface area contributed by atoms with Crippen LogP contribution in [0, 0.1) is 6.92 Å². The lowest BCUT2D eigenvalue weighted by Gasteiger charge is -2.11. The summed E-state index contributed by atoms with van der Waals surface area (Å²) in [5.41, 5.74) is 1.69. The Balaban J connectivity index is 2.33. The Kier molecular flexibility index (Phi) is 4.12. The first-order valence-electron chi connectivity index (χ1n) is 5.43. The summed E-state index contributed by atoms with van der Waals surface area (Å²) in [6, 6.07) is 10.6. The molecule has 2 aromatic rings. The molecule has 0 saturated carbocycles. The third-order valence-electron chi connectivity index (χ3n) is 2.50. The molecule has 0 fully saturated rings. The first-order valence-corrected chi connectivity index (χ1v) is 6.19. The second kappa shape index (κ2) is 5.61. The van der Waals surface area contributed by atoms with E-state index in [1.54, 1.807) is 24.3 Å². The fourth-order valence-electron chi connectivity index (χ4n) is 1.58. The summed E-state index contributed by atoms with van der Waals surface area (Å²) in [5.74, 6) is 1.10. The highest BCUT2D eigenvalue weighted by molar-refractivity contribution is 6.32. The minimum absolute atomic E-state index is 0.140. The van der Waals surface area contributed by atoms with E-state index >= 15 is 0 Å². The summed E-state index contributed by atoms with van der Waals surface area (Å²) in [5, 5.41) is 10.4. The van der Waals surface area contributed by atoms with Gasteiger partial charge in [0.1, 0.15) is 11.5 Å². The van der Waals surface area contributed by atoms with Gasteiger partial charge in [-0.1, -0.05) is 29.3 Å². The van der Waals surface area contributed by atoms with Crippen molar-refractivity contribution in [3.8, 4) is 11.5 Å². The molecule has 4 heteroatoms. The molecule has 0 radical (unpaired) electrons. The lowest BCUT2D eigenvalue weighted by Crippen LogP contribution is -1.92. The van der Waals surface area contributed by atoms with E-state index in [-0.39, 0.29) is 6.61 Å². The molecule has 0 amide bonds. The van der Waals surface area contributed by atoms with Gasteiger partial charge in [0.25, 0.3) is 0 Å². The summed E-state index contributed by atoms with van der Waals surface area (Å²) >= 11 is 12.0. The van der Waals surface area contributed by atoms with Crippen molar-refractivity contribution >= 4 is 23.2 Å². The molecule has 0 spiro atoms. The maximum absolute atomic E-state index is 9.26. The molecule has 2 aromatic carbocycles. The number of benzene rings is 2. The van der Waals surface area contributed by atoms with E-state index in [1.165, 1.54) is 0 Å². The molecule has 0 aliphatic carbocycles. The number of aliphatic hydroxyl groups is 1. The van der Waals surface area contributed by atoms with Gasteiger partial charge in [-0.2, -0.15) is 0 Å². The van der Waals surface area contributed by atoms with Gasteiger partial charge in [-0.25, -0.2) is 0 Å². The van der Waals surface area contributed by atoms with Crippen LogP contribution in [-0.2, 0) is 6.61 Å². The Morgan fingerprint density at radius 1 is 1.06 bits per heavy atom. The topological polar surface area (TPSA) is 29.5 Å². The van der Waals surface area contributed by atoms with Gasteiger partial charge in [0.05, 0.1) is 11.6 Å². The number of aryl methyl sites for hydroxylation is 1. The smallest absolute Gasteiger partial charge is 0.146 e. The zero-order valence-corrected chi connectivity index (χ0v) is 11.3. The Morgan fingerprint density at radius 2 is 1.78 bits per heavy atom. The summed E-state index contributed by atoms with van der Waals surface area (Å²) < 4.78 is 5.69. The van der Waals surface area contributed by atoms with Crippen molar-refractivity contribution in [2.45, 2.75) is 13.5 Å². The second-order valence-corrected chi connectivity index (χ2v) is 4.79. The van der Waals surface area contributed by atoms with E-state index < -0.39 is 0 Å². The molecule has 0 bridgehead atoms. The molecule has 2 rings (SSSR count). The highest BCUT2D eigenvalue weighted by atomic mass is 35.5. The maximum Gasteiger partial charge on any atom is 0.146 e. The number of aliphatic hydroxyl groups excluding tert-OH is 1. The lowest BCUT2D eigenvalue weighted by atomic mass is 10.2. The summed E-state index contributed by atoms with van der Waals surface area (Å²) in [6.07, 6.45) is 0. The Bertz CT molecular complexity index is 568. The summed E-state index contributed by atoms with van der Waals surface area (Å²) in [6.45, 7) is 1.82. The molecule has 0 aromatic heterocycles. The first-order chi connectivity index (χ1) is 8.60. The minimum atomic E-state index is -0.140. The van der Waals surface area contributed by atoms with Crippen LogP contribution >= 0.6 is 23.2 Å². The molecule has 0 aliphatic rings. The number of halogens is 2. The number of ether oxygens (including phenoxy) is 1. The average molecular weight is 283 g/mol. The van der Waals surface area contributed by atoms with Crippen molar-refractivity contribution < 1.29 is 9.84 Å². The van der Waals surface area contributed by atoms with Crippen LogP contribution in [0.5, 0.6) is 11.5 Å². The quantitative estimate of drug-likeness (QED) is 0.893. The third kappa shape index (κ3) is 2.96. The molecule has 1 N–H and O–H groups in total.